The largest absolute Gasteiger partial charge is 0.465 e. The molecule has 2 aromatic rings. The van der Waals surface area contributed by atoms with Gasteiger partial charge in [0.1, 0.15) is 5.56 Å². The molecule has 0 saturated carbocycles. The number of aromatic nitrogens is 1. The number of rotatable bonds is 7. The zero-order chi connectivity index (χ0) is 22.4. The van der Waals surface area contributed by atoms with E-state index in [2.05, 4.69) is 19.9 Å². The Morgan fingerprint density at radius 2 is 1.57 bits per heavy atom. The Bertz CT molecular complexity index is 943. The van der Waals surface area contributed by atoms with E-state index in [4.69, 9.17) is 9.26 Å². The van der Waals surface area contributed by atoms with E-state index in [1.807, 2.05) is 13.8 Å². The van der Waals surface area contributed by atoms with Crippen LogP contribution in [0.4, 0.5) is 5.69 Å². The molecule has 0 aliphatic heterocycles. The molecule has 0 spiro atoms. The zero-order valence-corrected chi connectivity index (χ0v) is 17.2. The van der Waals surface area contributed by atoms with E-state index in [0.29, 0.717) is 11.5 Å². The highest BCUT2D eigenvalue weighted by Gasteiger charge is 2.24. The molecule has 2 rings (SSSR count). The Labute approximate surface area is 172 Å². The van der Waals surface area contributed by atoms with Crippen LogP contribution in [0.15, 0.2) is 22.7 Å². The number of benzene rings is 1. The van der Waals surface area contributed by atoms with Crippen LogP contribution in [0.3, 0.4) is 0 Å². The van der Waals surface area contributed by atoms with Crippen molar-refractivity contribution < 1.29 is 37.9 Å². The number of nitrogens with zero attached hydrogens (tertiary/aromatic N) is 1. The second kappa shape index (κ2) is 9.68. The third kappa shape index (κ3) is 5.22. The van der Waals surface area contributed by atoms with Crippen molar-refractivity contribution in [3.8, 4) is 0 Å². The quantitative estimate of drug-likeness (QED) is 0.531. The lowest BCUT2D eigenvalue weighted by Crippen LogP contribution is -2.22. The SMILES string of the molecule is COC(=O)c1cc(NC(=O)COC(=O)c2c(C)noc2C(C)C)cc(C(=O)OC)c1. The molecule has 0 radical (unpaired) electrons. The van der Waals surface area contributed by atoms with Gasteiger partial charge in [0.25, 0.3) is 5.91 Å². The van der Waals surface area contributed by atoms with E-state index >= 15 is 0 Å². The molecule has 1 amide bonds. The smallest absolute Gasteiger partial charge is 0.344 e. The van der Waals surface area contributed by atoms with Gasteiger partial charge in [0.2, 0.25) is 0 Å². The summed E-state index contributed by atoms with van der Waals surface area (Å²) >= 11 is 0. The number of esters is 3. The lowest BCUT2D eigenvalue weighted by atomic mass is 10.1. The van der Waals surface area contributed by atoms with Crippen LogP contribution in [-0.4, -0.2) is 49.8 Å². The first-order valence-electron chi connectivity index (χ1n) is 8.92. The van der Waals surface area contributed by atoms with Gasteiger partial charge < -0.3 is 24.1 Å². The molecule has 1 aromatic heterocycles. The van der Waals surface area contributed by atoms with Gasteiger partial charge in [-0.15, -0.1) is 0 Å². The minimum atomic E-state index is -0.744. The topological polar surface area (TPSA) is 134 Å². The molecule has 30 heavy (non-hydrogen) atoms. The molecule has 160 valence electrons. The molecule has 1 heterocycles. The molecule has 10 nitrogen and oxygen atoms in total. The summed E-state index contributed by atoms with van der Waals surface area (Å²) in [6.45, 7) is 4.66. The van der Waals surface area contributed by atoms with Crippen molar-refractivity contribution >= 4 is 29.5 Å². The third-order valence-electron chi connectivity index (χ3n) is 4.01. The zero-order valence-electron chi connectivity index (χ0n) is 17.2. The van der Waals surface area contributed by atoms with Gasteiger partial charge in [0.15, 0.2) is 12.4 Å². The van der Waals surface area contributed by atoms with Crippen LogP contribution < -0.4 is 5.32 Å². The van der Waals surface area contributed by atoms with Crippen molar-refractivity contribution in [3.63, 3.8) is 0 Å². The van der Waals surface area contributed by atoms with Crippen LogP contribution in [0.25, 0.3) is 0 Å². The van der Waals surface area contributed by atoms with Crippen molar-refractivity contribution in [1.29, 1.82) is 0 Å². The first-order valence-corrected chi connectivity index (χ1v) is 8.92. The number of anilines is 1. The van der Waals surface area contributed by atoms with Crippen LogP contribution in [0.2, 0.25) is 0 Å². The molecule has 0 aliphatic rings. The summed E-state index contributed by atoms with van der Waals surface area (Å²) in [5.41, 5.74) is 0.739. The number of hydrogen-bond donors (Lipinski definition) is 1. The van der Waals surface area contributed by atoms with E-state index in [1.54, 1.807) is 6.92 Å². The van der Waals surface area contributed by atoms with Gasteiger partial charge in [-0.1, -0.05) is 19.0 Å². The monoisotopic (exact) mass is 418 g/mol. The highest BCUT2D eigenvalue weighted by molar-refractivity contribution is 6.00. The van der Waals surface area contributed by atoms with Crippen LogP contribution in [0, 0.1) is 6.92 Å². The fraction of sp³-hybridized carbons (Fsp3) is 0.350. The molecule has 0 bridgehead atoms. The number of hydrogen-bond acceptors (Lipinski definition) is 9. The fourth-order valence-electron chi connectivity index (χ4n) is 2.60. The Morgan fingerprint density at radius 1 is 1.00 bits per heavy atom. The predicted molar refractivity (Wildman–Crippen MR) is 103 cm³/mol. The molecule has 0 saturated heterocycles. The maximum atomic E-state index is 12.3. The molecule has 10 heteroatoms. The van der Waals surface area contributed by atoms with Crippen LogP contribution in [0.5, 0.6) is 0 Å². The summed E-state index contributed by atoms with van der Waals surface area (Å²) in [5, 5.41) is 6.22. The number of amides is 1. The summed E-state index contributed by atoms with van der Waals surface area (Å²) < 4.78 is 19.5. The lowest BCUT2D eigenvalue weighted by Gasteiger charge is -2.10. The Hall–Kier alpha value is -3.69. The van der Waals surface area contributed by atoms with Gasteiger partial charge >= 0.3 is 17.9 Å². The number of nitrogens with one attached hydrogen (secondary N) is 1. The minimum Gasteiger partial charge on any atom is -0.465 e. The normalized spacial score (nSPS) is 10.5. The number of carbonyl (C=O) groups is 4. The Balaban J connectivity index is 2.13. The maximum Gasteiger partial charge on any atom is 0.344 e. The number of carbonyl (C=O) groups excluding carboxylic acids is 4. The average molecular weight is 418 g/mol. The van der Waals surface area contributed by atoms with Crippen LogP contribution in [-0.2, 0) is 19.0 Å². The van der Waals surface area contributed by atoms with Gasteiger partial charge in [-0.2, -0.15) is 0 Å². The van der Waals surface area contributed by atoms with Crippen molar-refractivity contribution in [3.05, 3.63) is 46.3 Å². The Morgan fingerprint density at radius 3 is 2.07 bits per heavy atom. The highest BCUT2D eigenvalue weighted by Crippen LogP contribution is 2.23. The molecule has 0 atom stereocenters. The van der Waals surface area contributed by atoms with Gasteiger partial charge in [-0.05, 0) is 25.1 Å². The fourth-order valence-corrected chi connectivity index (χ4v) is 2.60. The van der Waals surface area contributed by atoms with Gasteiger partial charge in [-0.25, -0.2) is 14.4 Å². The van der Waals surface area contributed by atoms with Gasteiger partial charge in [-0.3, -0.25) is 4.79 Å². The highest BCUT2D eigenvalue weighted by atomic mass is 16.5. The average Bonchev–Trinajstić information content (AvgIpc) is 3.12. The van der Waals surface area contributed by atoms with Crippen molar-refractivity contribution in [2.24, 2.45) is 0 Å². The van der Waals surface area contributed by atoms with Gasteiger partial charge in [0.05, 0.1) is 31.0 Å². The maximum absolute atomic E-state index is 12.3. The third-order valence-corrected chi connectivity index (χ3v) is 4.01. The summed E-state index contributed by atoms with van der Waals surface area (Å²) in [6, 6.07) is 3.91. The van der Waals surface area contributed by atoms with E-state index in [-0.39, 0.29) is 28.3 Å². The predicted octanol–water partition coefficient (Wildman–Crippen LogP) is 2.48. The first-order chi connectivity index (χ1) is 14.2. The molecule has 1 aromatic carbocycles. The second-order valence-corrected chi connectivity index (χ2v) is 6.57. The van der Waals surface area contributed by atoms with E-state index in [9.17, 15) is 19.2 Å². The molecular formula is C20H22N2O8. The summed E-state index contributed by atoms with van der Waals surface area (Å²) in [4.78, 5) is 48.2. The summed E-state index contributed by atoms with van der Waals surface area (Å²) in [5.74, 6) is -2.56. The van der Waals surface area contributed by atoms with Crippen molar-refractivity contribution in [2.45, 2.75) is 26.7 Å². The van der Waals surface area contributed by atoms with Crippen molar-refractivity contribution in [1.82, 2.24) is 5.16 Å². The van der Waals surface area contributed by atoms with Crippen LogP contribution >= 0.6 is 0 Å². The summed E-state index contributed by atoms with van der Waals surface area (Å²) in [6.07, 6.45) is 0. The summed E-state index contributed by atoms with van der Waals surface area (Å²) in [7, 11) is 2.37. The number of aryl methyl sites for hydroxylation is 1. The molecule has 0 aliphatic carbocycles. The lowest BCUT2D eigenvalue weighted by molar-refractivity contribution is -0.119. The second-order valence-electron chi connectivity index (χ2n) is 6.57. The molecule has 1 N–H and O–H groups in total. The number of methoxy groups -OCH3 is 2. The standard InChI is InChI=1S/C20H22N2O8/c1-10(2)17-16(11(3)22-30-17)20(26)29-9-15(23)21-14-7-12(18(24)27-4)6-13(8-14)19(25)28-5/h6-8,10H,9H2,1-5H3,(H,21,23). The van der Waals surface area contributed by atoms with E-state index in [0.717, 1.165) is 0 Å². The van der Waals surface area contributed by atoms with E-state index in [1.165, 1.54) is 32.4 Å². The van der Waals surface area contributed by atoms with Crippen molar-refractivity contribution in [2.75, 3.05) is 26.1 Å². The number of ether oxygens (including phenoxy) is 3. The molecular weight excluding hydrogens is 396 g/mol. The minimum absolute atomic E-state index is 0.0365. The molecule has 0 fully saturated rings. The van der Waals surface area contributed by atoms with Crippen LogP contribution in [0.1, 0.15) is 62.3 Å². The van der Waals surface area contributed by atoms with Gasteiger partial charge in [0, 0.05) is 11.6 Å². The Kier molecular flexibility index (Phi) is 7.29. The molecule has 0 unspecified atom stereocenters. The van der Waals surface area contributed by atoms with E-state index < -0.39 is 30.4 Å². The first kappa shape index (κ1) is 22.6.